The van der Waals surface area contributed by atoms with E-state index in [4.69, 9.17) is 4.42 Å². The minimum atomic E-state index is -0.614. The van der Waals surface area contributed by atoms with Crippen molar-refractivity contribution in [2.45, 2.75) is 47.6 Å². The minimum Gasteiger partial charge on any atom is -0.494 e. The summed E-state index contributed by atoms with van der Waals surface area (Å²) in [5, 5.41) is 21.0. The van der Waals surface area contributed by atoms with Gasteiger partial charge in [0.25, 0.3) is 5.56 Å². The Labute approximate surface area is 162 Å². The van der Waals surface area contributed by atoms with E-state index >= 15 is 0 Å². The maximum atomic E-state index is 13.4. The van der Waals surface area contributed by atoms with Gasteiger partial charge in [0.1, 0.15) is 17.2 Å². The van der Waals surface area contributed by atoms with E-state index in [9.17, 15) is 20.0 Å². The van der Waals surface area contributed by atoms with Gasteiger partial charge in [0.2, 0.25) is 11.7 Å². The molecule has 3 aromatic rings. The van der Waals surface area contributed by atoms with Crippen LogP contribution < -0.4 is 5.56 Å². The molecule has 2 aromatic heterocycles. The van der Waals surface area contributed by atoms with Crippen LogP contribution in [0.4, 0.5) is 0 Å². The third-order valence-corrected chi connectivity index (χ3v) is 5.32. The number of ketones is 1. The molecule has 0 radical (unpaired) electrons. The minimum absolute atomic E-state index is 0.0821. The molecule has 6 nitrogen and oxygen atoms in total. The fourth-order valence-corrected chi connectivity index (χ4v) is 3.52. The number of carbonyl (C=O) groups excluding carboxylic acids is 1. The number of fused-ring (bicyclic) bond motifs is 1. The molecular weight excluding hydrogens is 356 g/mol. The summed E-state index contributed by atoms with van der Waals surface area (Å²) < 4.78 is 6.97. The van der Waals surface area contributed by atoms with E-state index in [-0.39, 0.29) is 22.5 Å². The molecule has 0 unspecified atom stereocenters. The predicted octanol–water partition coefficient (Wildman–Crippen LogP) is 4.22. The van der Waals surface area contributed by atoms with Crippen LogP contribution in [-0.2, 0) is 0 Å². The summed E-state index contributed by atoms with van der Waals surface area (Å²) in [5.74, 6) is -0.902. The first kappa shape index (κ1) is 19.4. The summed E-state index contributed by atoms with van der Waals surface area (Å²) in [4.78, 5) is 25.9. The quantitative estimate of drug-likeness (QED) is 0.689. The van der Waals surface area contributed by atoms with Gasteiger partial charge >= 0.3 is 0 Å². The molecule has 0 bridgehead atoms. The zero-order valence-corrected chi connectivity index (χ0v) is 16.8. The number of carbonyl (C=O) groups is 1. The van der Waals surface area contributed by atoms with E-state index in [1.54, 1.807) is 20.8 Å². The molecule has 1 aromatic carbocycles. The Balaban J connectivity index is 2.36. The van der Waals surface area contributed by atoms with Gasteiger partial charge < -0.3 is 9.52 Å². The molecule has 2 heterocycles. The van der Waals surface area contributed by atoms with Crippen LogP contribution in [0.15, 0.2) is 21.3 Å². The normalized spacial score (nSPS) is 11.2. The van der Waals surface area contributed by atoms with Gasteiger partial charge in [-0.1, -0.05) is 12.1 Å². The van der Waals surface area contributed by atoms with Gasteiger partial charge in [-0.05, 0) is 58.2 Å². The predicted molar refractivity (Wildman–Crippen MR) is 106 cm³/mol. The second-order valence-electron chi connectivity index (χ2n) is 7.35. The van der Waals surface area contributed by atoms with Crippen LogP contribution in [0.1, 0.15) is 63.8 Å². The number of pyridine rings is 1. The average molecular weight is 378 g/mol. The molecule has 0 aliphatic heterocycles. The van der Waals surface area contributed by atoms with Gasteiger partial charge in [-0.25, -0.2) is 0 Å². The third kappa shape index (κ3) is 2.63. The smallest absolute Gasteiger partial charge is 0.271 e. The second-order valence-corrected chi connectivity index (χ2v) is 7.35. The Morgan fingerprint density at radius 3 is 2.36 bits per heavy atom. The number of benzene rings is 1. The van der Waals surface area contributed by atoms with Crippen LogP contribution >= 0.6 is 0 Å². The Hall–Kier alpha value is -3.33. The molecule has 1 N–H and O–H groups in total. The van der Waals surface area contributed by atoms with Crippen molar-refractivity contribution in [1.29, 1.82) is 5.26 Å². The molecule has 0 fully saturated rings. The molecule has 144 valence electrons. The molecule has 3 rings (SSSR count). The monoisotopic (exact) mass is 378 g/mol. The molecule has 0 aliphatic carbocycles. The first-order chi connectivity index (χ1) is 13.1. The number of nitrogens with zero attached hydrogens (tertiary/aromatic N) is 2. The third-order valence-electron chi connectivity index (χ3n) is 5.32. The first-order valence-electron chi connectivity index (χ1n) is 9.03. The Morgan fingerprint density at radius 1 is 1.14 bits per heavy atom. The van der Waals surface area contributed by atoms with Crippen molar-refractivity contribution in [3.05, 3.63) is 61.6 Å². The molecule has 0 saturated heterocycles. The number of aryl methyl sites for hydroxylation is 3. The standard InChI is InChI=1S/C22H22N2O4/c1-10(2)24-21(26)16(9-23)13(5)17(22(24)27)18(25)20-14(6)15-8-7-11(3)12(4)19(15)28-20/h7-8,10,27H,1-6H3. The van der Waals surface area contributed by atoms with Crippen molar-refractivity contribution in [1.82, 2.24) is 4.57 Å². The van der Waals surface area contributed by atoms with E-state index in [0.29, 0.717) is 11.1 Å². The van der Waals surface area contributed by atoms with E-state index in [2.05, 4.69) is 0 Å². The number of rotatable bonds is 3. The summed E-state index contributed by atoms with van der Waals surface area (Å²) in [5.41, 5.74) is 2.55. The Morgan fingerprint density at radius 2 is 1.79 bits per heavy atom. The fourth-order valence-electron chi connectivity index (χ4n) is 3.52. The van der Waals surface area contributed by atoms with Crippen LogP contribution in [0.2, 0.25) is 0 Å². The van der Waals surface area contributed by atoms with Crippen LogP contribution in [0.25, 0.3) is 11.0 Å². The molecular formula is C22H22N2O4. The highest BCUT2D eigenvalue weighted by Gasteiger charge is 2.29. The van der Waals surface area contributed by atoms with E-state index in [0.717, 1.165) is 21.1 Å². The molecule has 0 saturated carbocycles. The van der Waals surface area contributed by atoms with Crippen LogP contribution in [0.3, 0.4) is 0 Å². The van der Waals surface area contributed by atoms with Gasteiger partial charge in [0, 0.05) is 17.0 Å². The average Bonchev–Trinajstić information content (AvgIpc) is 2.95. The Bertz CT molecular complexity index is 1240. The van der Waals surface area contributed by atoms with Crippen molar-refractivity contribution in [2.24, 2.45) is 0 Å². The Kier molecular flexibility index (Phi) is 4.64. The lowest BCUT2D eigenvalue weighted by Gasteiger charge is -2.17. The number of hydrogen-bond acceptors (Lipinski definition) is 5. The van der Waals surface area contributed by atoms with Gasteiger partial charge in [0.15, 0.2) is 5.76 Å². The number of aromatic hydroxyl groups is 1. The number of nitriles is 1. The molecule has 0 spiro atoms. The summed E-state index contributed by atoms with van der Waals surface area (Å²) in [7, 11) is 0. The van der Waals surface area contributed by atoms with Crippen molar-refractivity contribution >= 4 is 16.8 Å². The lowest BCUT2D eigenvalue weighted by molar-refractivity contribution is 0.100. The molecule has 28 heavy (non-hydrogen) atoms. The lowest BCUT2D eigenvalue weighted by atomic mass is 9.98. The van der Waals surface area contributed by atoms with Crippen LogP contribution in [0.5, 0.6) is 5.88 Å². The largest absolute Gasteiger partial charge is 0.494 e. The van der Waals surface area contributed by atoms with Gasteiger partial charge in [-0.2, -0.15) is 5.26 Å². The number of hydrogen-bond donors (Lipinski definition) is 1. The number of aromatic nitrogens is 1. The SMILES string of the molecule is Cc1ccc2c(C)c(C(=O)c3c(C)c(C#N)c(=O)n(C(C)C)c3O)oc2c1C. The highest BCUT2D eigenvalue weighted by atomic mass is 16.3. The number of furan rings is 1. The second kappa shape index (κ2) is 6.68. The maximum Gasteiger partial charge on any atom is 0.271 e. The van der Waals surface area contributed by atoms with Crippen molar-refractivity contribution < 1.29 is 14.3 Å². The topological polar surface area (TPSA) is 96.2 Å². The van der Waals surface area contributed by atoms with E-state index < -0.39 is 23.3 Å². The highest BCUT2D eigenvalue weighted by molar-refractivity contribution is 6.13. The summed E-state index contributed by atoms with van der Waals surface area (Å²) >= 11 is 0. The maximum absolute atomic E-state index is 13.4. The van der Waals surface area contributed by atoms with E-state index in [1.165, 1.54) is 6.92 Å². The molecule has 0 aliphatic rings. The zero-order chi connectivity index (χ0) is 20.9. The van der Waals surface area contributed by atoms with Crippen LogP contribution in [-0.4, -0.2) is 15.5 Å². The lowest BCUT2D eigenvalue weighted by Crippen LogP contribution is -2.28. The van der Waals surface area contributed by atoms with Crippen molar-refractivity contribution in [2.75, 3.05) is 0 Å². The van der Waals surface area contributed by atoms with Crippen molar-refractivity contribution in [3.63, 3.8) is 0 Å². The summed E-state index contributed by atoms with van der Waals surface area (Å²) in [6.07, 6.45) is 0. The zero-order valence-electron chi connectivity index (χ0n) is 16.8. The molecule has 0 atom stereocenters. The fraction of sp³-hybridized carbons (Fsp3) is 0.318. The summed E-state index contributed by atoms with van der Waals surface area (Å²) in [6.45, 7) is 10.6. The van der Waals surface area contributed by atoms with Gasteiger partial charge in [0.05, 0.1) is 5.56 Å². The van der Waals surface area contributed by atoms with Crippen molar-refractivity contribution in [3.8, 4) is 11.9 Å². The molecule has 0 amide bonds. The van der Waals surface area contributed by atoms with Gasteiger partial charge in [-0.3, -0.25) is 14.2 Å². The van der Waals surface area contributed by atoms with Gasteiger partial charge in [-0.15, -0.1) is 0 Å². The highest BCUT2D eigenvalue weighted by Crippen LogP contribution is 2.33. The summed E-state index contributed by atoms with van der Waals surface area (Å²) in [6, 6.07) is 5.30. The first-order valence-corrected chi connectivity index (χ1v) is 9.03. The van der Waals surface area contributed by atoms with E-state index in [1.807, 2.05) is 32.0 Å². The molecule has 6 heteroatoms. The van der Waals surface area contributed by atoms with Crippen LogP contribution in [0, 0.1) is 39.0 Å².